The summed E-state index contributed by atoms with van der Waals surface area (Å²) in [5.41, 5.74) is 4.21. The van der Waals surface area contributed by atoms with Crippen LogP contribution in [-0.2, 0) is 0 Å². The highest BCUT2D eigenvalue weighted by Gasteiger charge is 2.12. The molecule has 0 spiro atoms. The smallest absolute Gasteiger partial charge is 0.126 e. The van der Waals surface area contributed by atoms with E-state index in [1.165, 1.54) is 34.8 Å². The molecule has 1 nitrogen and oxygen atoms in total. The third-order valence-corrected chi connectivity index (χ3v) is 3.93. The van der Waals surface area contributed by atoms with Crippen LogP contribution in [0, 0.1) is 0 Å². The summed E-state index contributed by atoms with van der Waals surface area (Å²) in [5.74, 6) is 0.945. The fraction of sp³-hybridized carbons (Fsp3) is 0.263. The summed E-state index contributed by atoms with van der Waals surface area (Å²) in [5, 5.41) is 2.46. The predicted molar refractivity (Wildman–Crippen MR) is 86.1 cm³/mol. The van der Waals surface area contributed by atoms with E-state index >= 15 is 0 Å². The van der Waals surface area contributed by atoms with Crippen molar-refractivity contribution in [3.63, 3.8) is 0 Å². The minimum Gasteiger partial charge on any atom is -0.496 e. The van der Waals surface area contributed by atoms with Gasteiger partial charge in [0.2, 0.25) is 0 Å². The van der Waals surface area contributed by atoms with Gasteiger partial charge in [-0.3, -0.25) is 0 Å². The quantitative estimate of drug-likeness (QED) is 0.722. The lowest BCUT2D eigenvalue weighted by atomic mass is 9.98. The van der Waals surface area contributed by atoms with Crippen molar-refractivity contribution in [3.8, 4) is 5.75 Å². The van der Waals surface area contributed by atoms with E-state index in [1.54, 1.807) is 12.7 Å². The zero-order chi connectivity index (χ0) is 13.9. The molecule has 0 saturated carbocycles. The van der Waals surface area contributed by atoms with Crippen LogP contribution in [0.1, 0.15) is 31.7 Å². The summed E-state index contributed by atoms with van der Waals surface area (Å²) in [6.45, 7) is 2.24. The van der Waals surface area contributed by atoms with Crippen molar-refractivity contribution in [2.24, 2.45) is 0 Å². The minimum absolute atomic E-state index is 0.945. The SMILES string of the molecule is CCCC1=CC(c2ccc(OC)c3ccccc23)=CC1. The summed E-state index contributed by atoms with van der Waals surface area (Å²) in [4.78, 5) is 0. The van der Waals surface area contributed by atoms with Gasteiger partial charge in [-0.25, -0.2) is 0 Å². The maximum Gasteiger partial charge on any atom is 0.126 e. The summed E-state index contributed by atoms with van der Waals surface area (Å²) in [7, 11) is 1.73. The number of fused-ring (bicyclic) bond motifs is 1. The van der Waals surface area contributed by atoms with Crippen LogP contribution in [0.2, 0.25) is 0 Å². The van der Waals surface area contributed by atoms with Crippen LogP contribution >= 0.6 is 0 Å². The molecule has 0 radical (unpaired) electrons. The number of hydrogen-bond acceptors (Lipinski definition) is 1. The largest absolute Gasteiger partial charge is 0.496 e. The van der Waals surface area contributed by atoms with Gasteiger partial charge in [-0.15, -0.1) is 0 Å². The van der Waals surface area contributed by atoms with Crippen molar-refractivity contribution < 1.29 is 4.74 Å². The van der Waals surface area contributed by atoms with E-state index in [0.29, 0.717) is 0 Å². The molecular weight excluding hydrogens is 244 g/mol. The Kier molecular flexibility index (Phi) is 3.60. The Morgan fingerprint density at radius 2 is 1.85 bits per heavy atom. The first-order valence-electron chi connectivity index (χ1n) is 7.29. The topological polar surface area (TPSA) is 9.23 Å². The van der Waals surface area contributed by atoms with Gasteiger partial charge in [-0.2, -0.15) is 0 Å². The fourth-order valence-corrected chi connectivity index (χ4v) is 2.96. The molecule has 102 valence electrons. The van der Waals surface area contributed by atoms with E-state index in [-0.39, 0.29) is 0 Å². The van der Waals surface area contributed by atoms with Gasteiger partial charge < -0.3 is 4.74 Å². The van der Waals surface area contributed by atoms with Crippen LogP contribution in [0.3, 0.4) is 0 Å². The van der Waals surface area contributed by atoms with Crippen LogP contribution in [0.4, 0.5) is 0 Å². The molecule has 0 saturated heterocycles. The number of hydrogen-bond donors (Lipinski definition) is 0. The lowest BCUT2D eigenvalue weighted by Gasteiger charge is -2.10. The summed E-state index contributed by atoms with van der Waals surface area (Å²) in [6, 6.07) is 12.7. The number of ether oxygens (including phenoxy) is 1. The zero-order valence-corrected chi connectivity index (χ0v) is 12.1. The maximum absolute atomic E-state index is 5.47. The number of allylic oxidation sites excluding steroid dienone is 4. The Morgan fingerprint density at radius 3 is 2.60 bits per heavy atom. The van der Waals surface area contributed by atoms with Gasteiger partial charge in [-0.1, -0.05) is 61.4 Å². The zero-order valence-electron chi connectivity index (χ0n) is 12.1. The number of rotatable bonds is 4. The maximum atomic E-state index is 5.47. The lowest BCUT2D eigenvalue weighted by Crippen LogP contribution is -1.88. The molecule has 0 N–H and O–H groups in total. The molecule has 0 aliphatic heterocycles. The molecule has 1 heteroatoms. The summed E-state index contributed by atoms with van der Waals surface area (Å²) < 4.78 is 5.47. The first-order valence-corrected chi connectivity index (χ1v) is 7.29. The average Bonchev–Trinajstić information content (AvgIpc) is 2.95. The van der Waals surface area contributed by atoms with E-state index in [9.17, 15) is 0 Å². The number of benzene rings is 2. The monoisotopic (exact) mass is 264 g/mol. The van der Waals surface area contributed by atoms with E-state index in [4.69, 9.17) is 4.74 Å². The highest BCUT2D eigenvalue weighted by molar-refractivity contribution is 5.99. The lowest BCUT2D eigenvalue weighted by molar-refractivity contribution is 0.420. The molecule has 0 bridgehead atoms. The highest BCUT2D eigenvalue weighted by atomic mass is 16.5. The molecule has 0 unspecified atom stereocenters. The fourth-order valence-electron chi connectivity index (χ4n) is 2.96. The Bertz CT molecular complexity index is 692. The van der Waals surface area contributed by atoms with Crippen molar-refractivity contribution >= 4 is 16.3 Å². The average molecular weight is 264 g/mol. The van der Waals surface area contributed by atoms with E-state index in [1.807, 2.05) is 0 Å². The normalized spacial score (nSPS) is 14.3. The van der Waals surface area contributed by atoms with Crippen molar-refractivity contribution in [2.75, 3.05) is 7.11 Å². The molecule has 0 heterocycles. The van der Waals surface area contributed by atoms with Crippen molar-refractivity contribution in [3.05, 3.63) is 59.7 Å². The molecular formula is C19H20O. The van der Waals surface area contributed by atoms with Crippen LogP contribution in [0.15, 0.2) is 54.1 Å². The van der Waals surface area contributed by atoms with E-state index in [2.05, 4.69) is 55.5 Å². The molecule has 1 aliphatic carbocycles. The van der Waals surface area contributed by atoms with Gasteiger partial charge in [0.05, 0.1) is 7.11 Å². The standard InChI is InChI=1S/C19H20O/c1-3-6-14-9-10-15(13-14)16-11-12-19(20-2)18-8-5-4-7-17(16)18/h4-5,7-8,10-13H,3,6,9H2,1-2H3. The summed E-state index contributed by atoms with van der Waals surface area (Å²) >= 11 is 0. The molecule has 0 amide bonds. The van der Waals surface area contributed by atoms with Gasteiger partial charge in [0.15, 0.2) is 0 Å². The molecule has 2 aromatic carbocycles. The van der Waals surface area contributed by atoms with Gasteiger partial charge in [-0.05, 0) is 35.4 Å². The molecule has 3 rings (SSSR count). The molecule has 0 fully saturated rings. The Labute approximate surface area is 120 Å². The van der Waals surface area contributed by atoms with E-state index < -0.39 is 0 Å². The van der Waals surface area contributed by atoms with Gasteiger partial charge in [0, 0.05) is 5.39 Å². The van der Waals surface area contributed by atoms with Crippen molar-refractivity contribution in [1.29, 1.82) is 0 Å². The second-order valence-corrected chi connectivity index (χ2v) is 5.28. The van der Waals surface area contributed by atoms with Crippen LogP contribution in [0.25, 0.3) is 16.3 Å². The summed E-state index contributed by atoms with van der Waals surface area (Å²) in [6.07, 6.45) is 8.23. The predicted octanol–water partition coefficient (Wildman–Crippen LogP) is 5.36. The molecule has 0 atom stereocenters. The first-order chi connectivity index (χ1) is 9.83. The third kappa shape index (κ3) is 2.24. The van der Waals surface area contributed by atoms with Crippen molar-refractivity contribution in [1.82, 2.24) is 0 Å². The second-order valence-electron chi connectivity index (χ2n) is 5.28. The Morgan fingerprint density at radius 1 is 1.05 bits per heavy atom. The molecule has 2 aromatic rings. The molecule has 1 aliphatic rings. The van der Waals surface area contributed by atoms with E-state index in [0.717, 1.165) is 12.2 Å². The molecule has 0 aromatic heterocycles. The third-order valence-electron chi connectivity index (χ3n) is 3.93. The highest BCUT2D eigenvalue weighted by Crippen LogP contribution is 2.36. The van der Waals surface area contributed by atoms with Crippen LogP contribution in [0.5, 0.6) is 5.75 Å². The first kappa shape index (κ1) is 13.0. The number of methoxy groups -OCH3 is 1. The van der Waals surface area contributed by atoms with Crippen LogP contribution < -0.4 is 4.74 Å². The van der Waals surface area contributed by atoms with Gasteiger partial charge in [0.1, 0.15) is 5.75 Å². The second kappa shape index (κ2) is 5.54. The van der Waals surface area contributed by atoms with Gasteiger partial charge in [0.25, 0.3) is 0 Å². The van der Waals surface area contributed by atoms with Crippen molar-refractivity contribution in [2.45, 2.75) is 26.2 Å². The van der Waals surface area contributed by atoms with Gasteiger partial charge >= 0.3 is 0 Å². The Hall–Kier alpha value is -2.02. The van der Waals surface area contributed by atoms with Crippen LogP contribution in [-0.4, -0.2) is 7.11 Å². The molecule has 20 heavy (non-hydrogen) atoms. The minimum atomic E-state index is 0.945. The Balaban J connectivity index is 2.10.